The van der Waals surface area contributed by atoms with Crippen LogP contribution in [0, 0.1) is 0 Å². The van der Waals surface area contributed by atoms with Gasteiger partial charge in [0.15, 0.2) is 5.82 Å². The fraction of sp³-hybridized carbons (Fsp3) is 0.310. The summed E-state index contributed by atoms with van der Waals surface area (Å²) in [4.78, 5) is 45.4. The van der Waals surface area contributed by atoms with E-state index in [0.29, 0.717) is 48.9 Å². The van der Waals surface area contributed by atoms with Gasteiger partial charge in [0.05, 0.1) is 25.1 Å². The highest BCUT2D eigenvalue weighted by molar-refractivity contribution is 14.1. The van der Waals surface area contributed by atoms with Crippen molar-refractivity contribution in [1.82, 2.24) is 24.2 Å². The lowest BCUT2D eigenvalue weighted by molar-refractivity contribution is 0.0361. The number of rotatable bonds is 9. The minimum atomic E-state index is -0.608. The number of thiophene rings is 1. The molecular formula is C29H28IN5O5S. The lowest BCUT2D eigenvalue weighted by Gasteiger charge is -2.26. The minimum Gasteiger partial charge on any atom is -0.379 e. The van der Waals surface area contributed by atoms with Crippen LogP contribution in [0.1, 0.15) is 10.4 Å². The molecule has 0 saturated carbocycles. The molecule has 5 aromatic rings. The number of hydrogen-bond acceptors (Lipinski definition) is 8. The van der Waals surface area contributed by atoms with Gasteiger partial charge in [-0.2, -0.15) is 0 Å². The van der Waals surface area contributed by atoms with Crippen LogP contribution in [0.3, 0.4) is 0 Å². The Morgan fingerprint density at radius 1 is 0.951 bits per heavy atom. The Morgan fingerprint density at radius 2 is 1.71 bits per heavy atom. The van der Waals surface area contributed by atoms with Crippen molar-refractivity contribution in [2.45, 2.75) is 19.5 Å². The van der Waals surface area contributed by atoms with Crippen molar-refractivity contribution < 1.29 is 9.26 Å². The van der Waals surface area contributed by atoms with Crippen LogP contribution in [0.25, 0.3) is 32.7 Å². The van der Waals surface area contributed by atoms with E-state index in [4.69, 9.17) is 9.26 Å². The molecule has 2 aromatic carbocycles. The molecule has 0 aliphatic carbocycles. The Morgan fingerprint density at radius 3 is 2.41 bits per heavy atom. The molecular weight excluding hydrogens is 657 g/mol. The fourth-order valence-electron chi connectivity index (χ4n) is 5.13. The second-order valence-corrected chi connectivity index (χ2v) is 12.0. The molecule has 3 aromatic heterocycles. The molecule has 10 nitrogen and oxygen atoms in total. The average Bonchev–Trinajstić information content (AvgIpc) is 3.63. The van der Waals surface area contributed by atoms with E-state index in [9.17, 15) is 14.4 Å². The van der Waals surface area contributed by atoms with E-state index in [-0.39, 0.29) is 11.2 Å². The van der Waals surface area contributed by atoms with Gasteiger partial charge in [0.1, 0.15) is 4.83 Å². The average molecular weight is 686 g/mol. The topological polar surface area (TPSA) is 115 Å². The van der Waals surface area contributed by atoms with E-state index in [2.05, 4.69) is 37.6 Å². The molecule has 1 fully saturated rings. The summed E-state index contributed by atoms with van der Waals surface area (Å²) in [5.74, 6) is -0.244. The lowest BCUT2D eigenvalue weighted by Crippen LogP contribution is -2.44. The number of fused-ring (bicyclic) bond motifs is 1. The molecule has 0 bridgehead atoms. The van der Waals surface area contributed by atoms with E-state index in [1.165, 1.54) is 15.9 Å². The summed E-state index contributed by atoms with van der Waals surface area (Å²) in [6.45, 7) is 4.23. The van der Waals surface area contributed by atoms with Crippen LogP contribution in [-0.4, -0.2) is 61.5 Å². The molecule has 1 aliphatic rings. The maximum Gasteiger partial charge on any atom is 0.439 e. The van der Waals surface area contributed by atoms with Crippen molar-refractivity contribution in [2.24, 2.45) is 0 Å². The van der Waals surface area contributed by atoms with Crippen molar-refractivity contribution in [3.05, 3.63) is 96.4 Å². The molecule has 41 heavy (non-hydrogen) atoms. The summed E-state index contributed by atoms with van der Waals surface area (Å²) in [5.41, 5.74) is 3.00. The Labute approximate surface area is 252 Å². The Hall–Kier alpha value is -3.33. The molecule has 212 valence electrons. The van der Waals surface area contributed by atoms with Gasteiger partial charge in [0, 0.05) is 41.0 Å². The fourth-order valence-corrected chi connectivity index (χ4v) is 7.21. The number of alkyl halides is 1. The first-order chi connectivity index (χ1) is 20.0. The molecule has 6 rings (SSSR count). The summed E-state index contributed by atoms with van der Waals surface area (Å²) < 4.78 is 14.2. The van der Waals surface area contributed by atoms with Gasteiger partial charge < -0.3 is 4.74 Å². The summed E-state index contributed by atoms with van der Waals surface area (Å²) in [5, 5.41) is 4.44. The van der Waals surface area contributed by atoms with Crippen molar-refractivity contribution in [3.63, 3.8) is 0 Å². The van der Waals surface area contributed by atoms with Gasteiger partial charge in [-0.1, -0.05) is 76.3 Å². The zero-order valence-corrected chi connectivity index (χ0v) is 25.2. The van der Waals surface area contributed by atoms with Crippen LogP contribution in [0.5, 0.6) is 0 Å². The molecule has 0 atom stereocenters. The summed E-state index contributed by atoms with van der Waals surface area (Å²) in [6, 6.07) is 17.5. The van der Waals surface area contributed by atoms with Crippen molar-refractivity contribution in [2.75, 3.05) is 37.3 Å². The van der Waals surface area contributed by atoms with Gasteiger partial charge in [0.25, 0.3) is 5.56 Å². The van der Waals surface area contributed by atoms with Gasteiger partial charge in [-0.3, -0.25) is 28.3 Å². The third-order valence-corrected chi connectivity index (χ3v) is 9.02. The first kappa shape index (κ1) is 27.8. The van der Waals surface area contributed by atoms with Gasteiger partial charge in [-0.25, -0.2) is 9.59 Å². The quantitative estimate of drug-likeness (QED) is 0.186. The second kappa shape index (κ2) is 12.3. The maximum absolute atomic E-state index is 13.8. The number of aromatic nitrogens is 4. The molecule has 4 heterocycles. The van der Waals surface area contributed by atoms with E-state index < -0.39 is 5.76 Å². The number of morpholine rings is 1. The number of ether oxygens (including phenoxy) is 1. The van der Waals surface area contributed by atoms with E-state index in [1.54, 1.807) is 4.57 Å². The van der Waals surface area contributed by atoms with E-state index >= 15 is 0 Å². The van der Waals surface area contributed by atoms with Crippen molar-refractivity contribution >= 4 is 44.1 Å². The molecule has 0 unspecified atom stereocenters. The Bertz CT molecular complexity index is 1850. The predicted molar refractivity (Wildman–Crippen MR) is 167 cm³/mol. The zero-order chi connectivity index (χ0) is 28.3. The van der Waals surface area contributed by atoms with Crippen LogP contribution in [0.15, 0.2) is 73.5 Å². The third-order valence-electron chi connectivity index (χ3n) is 7.26. The van der Waals surface area contributed by atoms with Crippen LogP contribution in [-0.2, 0) is 24.2 Å². The van der Waals surface area contributed by atoms with Crippen molar-refractivity contribution in [3.8, 4) is 22.5 Å². The normalized spacial score (nSPS) is 14.2. The summed E-state index contributed by atoms with van der Waals surface area (Å²) >= 11 is 3.86. The SMILES string of the molecule is O=c1[nH]c(-c2ccccc2-c2ccc(Cn3c(=O)n(CCN4CCOCC4)c(=O)c4cc(CCI)sc43)cc2)no1. The van der Waals surface area contributed by atoms with E-state index in [0.717, 1.165) is 51.1 Å². The molecule has 1 N–H and O–H groups in total. The number of aryl methyl sites for hydroxylation is 1. The predicted octanol–water partition coefficient (Wildman–Crippen LogP) is 3.59. The third kappa shape index (κ3) is 5.87. The number of halogens is 1. The number of hydrogen-bond donors (Lipinski definition) is 1. The largest absolute Gasteiger partial charge is 0.439 e. The number of H-pyrrole nitrogens is 1. The van der Waals surface area contributed by atoms with Crippen molar-refractivity contribution in [1.29, 1.82) is 0 Å². The number of nitrogens with one attached hydrogen (secondary N) is 1. The molecule has 0 spiro atoms. The Kier molecular flexibility index (Phi) is 8.32. The second-order valence-electron chi connectivity index (χ2n) is 9.84. The van der Waals surface area contributed by atoms with E-state index in [1.807, 2.05) is 54.6 Å². The number of aromatic amines is 1. The van der Waals surface area contributed by atoms with Gasteiger partial charge in [-0.15, -0.1) is 11.3 Å². The van der Waals surface area contributed by atoms with Crippen LogP contribution >= 0.6 is 33.9 Å². The minimum absolute atomic E-state index is 0.219. The molecule has 0 radical (unpaired) electrons. The molecule has 12 heteroatoms. The summed E-state index contributed by atoms with van der Waals surface area (Å²) in [6.07, 6.45) is 0.853. The monoisotopic (exact) mass is 685 g/mol. The van der Waals surface area contributed by atoms with Crippen LogP contribution in [0.2, 0.25) is 0 Å². The lowest BCUT2D eigenvalue weighted by atomic mass is 9.98. The summed E-state index contributed by atoms with van der Waals surface area (Å²) in [7, 11) is 0. The molecule has 1 aliphatic heterocycles. The maximum atomic E-state index is 13.8. The first-order valence-electron chi connectivity index (χ1n) is 13.4. The highest BCUT2D eigenvalue weighted by Gasteiger charge is 2.19. The highest BCUT2D eigenvalue weighted by atomic mass is 127. The highest BCUT2D eigenvalue weighted by Crippen LogP contribution is 2.30. The van der Waals surface area contributed by atoms with Crippen LogP contribution < -0.4 is 17.0 Å². The van der Waals surface area contributed by atoms with Gasteiger partial charge in [-0.05, 0) is 29.2 Å². The zero-order valence-electron chi connectivity index (χ0n) is 22.2. The first-order valence-corrected chi connectivity index (χ1v) is 15.7. The van der Waals surface area contributed by atoms with Gasteiger partial charge >= 0.3 is 11.4 Å². The molecule has 1 saturated heterocycles. The smallest absolute Gasteiger partial charge is 0.379 e. The Balaban J connectivity index is 1.34. The van der Waals surface area contributed by atoms with Crippen LogP contribution in [0.4, 0.5) is 0 Å². The number of nitrogens with zero attached hydrogens (tertiary/aromatic N) is 4. The number of benzene rings is 2. The van der Waals surface area contributed by atoms with Gasteiger partial charge in [0.2, 0.25) is 0 Å². The molecule has 0 amide bonds. The standard InChI is InChI=1S/C29H28IN5O5S/c30-10-9-21-17-24-26(36)34(12-11-33-13-15-39-16-14-33)29(38)35(27(24)41-21)18-19-5-7-20(8-6-19)22-3-1-2-4-23(22)25-31-28(37)40-32-25/h1-8,17H,9-16,18H2,(H,31,32,37).